The molecule has 5 nitrogen and oxygen atoms in total. The third kappa shape index (κ3) is 5.31. The van der Waals surface area contributed by atoms with Gasteiger partial charge in [0, 0.05) is 31.3 Å². The molecule has 0 atom stereocenters. The Morgan fingerprint density at radius 3 is 2.05 bits per heavy atom. The molecule has 0 bridgehead atoms. The number of carbonyl (C=O) groups excluding carboxylic acids is 3. The van der Waals surface area contributed by atoms with Crippen molar-refractivity contribution in [3.63, 3.8) is 0 Å². The predicted molar refractivity (Wildman–Crippen MR) is 76.9 cm³/mol. The van der Waals surface area contributed by atoms with Crippen LogP contribution in [0.3, 0.4) is 0 Å². The van der Waals surface area contributed by atoms with E-state index in [4.69, 9.17) is 0 Å². The topological polar surface area (TPSA) is 66.5 Å². The summed E-state index contributed by atoms with van der Waals surface area (Å²) in [4.78, 5) is 36.0. The van der Waals surface area contributed by atoms with Crippen LogP contribution < -0.4 is 5.32 Å². The first kappa shape index (κ1) is 16.7. The lowest BCUT2D eigenvalue weighted by Crippen LogP contribution is -2.46. The third-order valence-electron chi connectivity index (χ3n) is 3.17. The Labute approximate surface area is 121 Å². The van der Waals surface area contributed by atoms with Crippen LogP contribution in [0.25, 0.3) is 0 Å². The molecule has 0 aromatic heterocycles. The second-order valence-corrected chi connectivity index (χ2v) is 7.36. The van der Waals surface area contributed by atoms with Gasteiger partial charge in [0.2, 0.25) is 17.7 Å². The van der Waals surface area contributed by atoms with Gasteiger partial charge in [-0.25, -0.2) is 0 Å². The highest BCUT2D eigenvalue weighted by atomic mass is 16.2. The highest BCUT2D eigenvalue weighted by Gasteiger charge is 2.30. The summed E-state index contributed by atoms with van der Waals surface area (Å²) in [6.07, 6.45) is 1.57. The van der Waals surface area contributed by atoms with E-state index < -0.39 is 0 Å². The molecule has 0 unspecified atom stereocenters. The van der Waals surface area contributed by atoms with E-state index in [9.17, 15) is 14.4 Å². The van der Waals surface area contributed by atoms with E-state index in [2.05, 4.69) is 26.1 Å². The van der Waals surface area contributed by atoms with Crippen molar-refractivity contribution in [3.05, 3.63) is 0 Å². The molecular weight excluding hydrogens is 256 g/mol. The van der Waals surface area contributed by atoms with Gasteiger partial charge in [-0.1, -0.05) is 20.8 Å². The summed E-state index contributed by atoms with van der Waals surface area (Å²) in [6, 6.07) is 0. The van der Waals surface area contributed by atoms with Crippen molar-refractivity contribution in [2.75, 3.05) is 6.54 Å². The molecule has 0 aromatic rings. The Kier molecular flexibility index (Phi) is 4.95. The molecule has 0 aliphatic carbocycles. The predicted octanol–water partition coefficient (Wildman–Crippen LogP) is 1.86. The van der Waals surface area contributed by atoms with Gasteiger partial charge < -0.3 is 5.32 Å². The number of nitrogens with zero attached hydrogens (tertiary/aromatic N) is 1. The summed E-state index contributed by atoms with van der Waals surface area (Å²) in [6.45, 7) is 10.5. The molecule has 5 heteroatoms. The molecule has 3 amide bonds. The van der Waals surface area contributed by atoms with Crippen molar-refractivity contribution in [2.45, 2.75) is 65.8 Å². The summed E-state index contributed by atoms with van der Waals surface area (Å²) >= 11 is 0. The van der Waals surface area contributed by atoms with Crippen LogP contribution in [0.2, 0.25) is 0 Å². The maximum Gasteiger partial charge on any atom is 0.229 e. The molecule has 1 N–H and O–H groups in total. The van der Waals surface area contributed by atoms with Gasteiger partial charge >= 0.3 is 0 Å². The second-order valence-electron chi connectivity index (χ2n) is 7.36. The fourth-order valence-corrected chi connectivity index (χ4v) is 2.90. The molecule has 1 saturated heterocycles. The molecule has 1 fully saturated rings. The lowest BCUT2D eigenvalue weighted by atomic mass is 9.82. The van der Waals surface area contributed by atoms with Crippen molar-refractivity contribution in [2.24, 2.45) is 5.41 Å². The molecule has 1 rings (SSSR count). The van der Waals surface area contributed by atoms with Gasteiger partial charge in [-0.3, -0.25) is 19.3 Å². The van der Waals surface area contributed by atoms with Crippen LogP contribution in [-0.2, 0) is 14.4 Å². The summed E-state index contributed by atoms with van der Waals surface area (Å²) in [5, 5.41) is 2.98. The molecule has 0 radical (unpaired) electrons. The van der Waals surface area contributed by atoms with E-state index in [-0.39, 0.29) is 54.5 Å². The summed E-state index contributed by atoms with van der Waals surface area (Å²) in [7, 11) is 0. The molecule has 1 heterocycles. The van der Waals surface area contributed by atoms with E-state index in [1.165, 1.54) is 4.90 Å². The average Bonchev–Trinajstić information content (AvgIpc) is 2.51. The molecule has 114 valence electrons. The molecule has 1 aliphatic heterocycles. The molecule has 20 heavy (non-hydrogen) atoms. The van der Waals surface area contributed by atoms with Crippen molar-refractivity contribution in [1.29, 1.82) is 0 Å². The zero-order valence-electron chi connectivity index (χ0n) is 13.2. The summed E-state index contributed by atoms with van der Waals surface area (Å²) in [5.41, 5.74) is -0.175. The Hall–Kier alpha value is -1.39. The normalized spacial score (nSPS) is 16.8. The maximum absolute atomic E-state index is 12.0. The van der Waals surface area contributed by atoms with Gasteiger partial charge in [-0.2, -0.15) is 0 Å². The first-order valence-corrected chi connectivity index (χ1v) is 7.14. The van der Waals surface area contributed by atoms with Crippen molar-refractivity contribution >= 4 is 17.7 Å². The molecule has 1 aliphatic rings. The van der Waals surface area contributed by atoms with Crippen molar-refractivity contribution in [1.82, 2.24) is 10.2 Å². The summed E-state index contributed by atoms with van der Waals surface area (Å²) < 4.78 is 0. The number of rotatable bonds is 5. The van der Waals surface area contributed by atoms with Crippen LogP contribution in [0.5, 0.6) is 0 Å². The molecule has 0 aromatic carbocycles. The maximum atomic E-state index is 12.0. The molecule has 0 spiro atoms. The van der Waals surface area contributed by atoms with E-state index in [0.717, 1.165) is 6.42 Å². The fraction of sp³-hybridized carbons (Fsp3) is 0.800. The second kappa shape index (κ2) is 5.94. The van der Waals surface area contributed by atoms with Gasteiger partial charge in [0.1, 0.15) is 0 Å². The van der Waals surface area contributed by atoms with Crippen molar-refractivity contribution < 1.29 is 14.4 Å². The highest BCUT2D eigenvalue weighted by Crippen LogP contribution is 2.26. The smallest absolute Gasteiger partial charge is 0.229 e. The third-order valence-corrected chi connectivity index (χ3v) is 3.17. The minimum Gasteiger partial charge on any atom is -0.351 e. The highest BCUT2D eigenvalue weighted by molar-refractivity contribution is 6.02. The van der Waals surface area contributed by atoms with Gasteiger partial charge in [0.15, 0.2) is 0 Å². The monoisotopic (exact) mass is 282 g/mol. The number of amides is 3. The lowest BCUT2D eigenvalue weighted by molar-refractivity contribution is -0.138. The first-order chi connectivity index (χ1) is 9.00. The zero-order chi connectivity index (χ0) is 15.6. The number of imide groups is 1. The standard InChI is InChI=1S/C15H26N2O3/c1-14(2,3)10-15(4,5)16-11(18)8-9-17-12(19)6-7-13(17)20/h6-10H2,1-5H3,(H,16,18). The van der Waals surface area contributed by atoms with E-state index in [0.29, 0.717) is 0 Å². The fourth-order valence-electron chi connectivity index (χ4n) is 2.90. The Bertz CT molecular complexity index is 392. The van der Waals surface area contributed by atoms with Gasteiger partial charge in [0.05, 0.1) is 0 Å². The zero-order valence-corrected chi connectivity index (χ0v) is 13.2. The Morgan fingerprint density at radius 1 is 1.10 bits per heavy atom. The Balaban J connectivity index is 2.44. The lowest BCUT2D eigenvalue weighted by Gasteiger charge is -2.33. The largest absolute Gasteiger partial charge is 0.351 e. The molecular formula is C15H26N2O3. The van der Waals surface area contributed by atoms with Crippen LogP contribution in [0.4, 0.5) is 0 Å². The minimum absolute atomic E-state index is 0.119. The van der Waals surface area contributed by atoms with Crippen LogP contribution in [0.1, 0.15) is 60.3 Å². The SMILES string of the molecule is CC(C)(C)CC(C)(C)NC(=O)CCN1C(=O)CCC1=O. The van der Waals surface area contributed by atoms with E-state index >= 15 is 0 Å². The quantitative estimate of drug-likeness (QED) is 0.783. The minimum atomic E-state index is -0.297. The number of nitrogens with one attached hydrogen (secondary N) is 1. The summed E-state index contributed by atoms with van der Waals surface area (Å²) in [5.74, 6) is -0.458. The average molecular weight is 282 g/mol. The van der Waals surface area contributed by atoms with Gasteiger partial charge in [-0.05, 0) is 25.7 Å². The van der Waals surface area contributed by atoms with Crippen molar-refractivity contribution in [3.8, 4) is 0 Å². The first-order valence-electron chi connectivity index (χ1n) is 7.14. The van der Waals surface area contributed by atoms with E-state index in [1.807, 2.05) is 13.8 Å². The van der Waals surface area contributed by atoms with Crippen LogP contribution in [0, 0.1) is 5.41 Å². The number of carbonyl (C=O) groups is 3. The van der Waals surface area contributed by atoms with Crippen LogP contribution >= 0.6 is 0 Å². The van der Waals surface area contributed by atoms with Crippen LogP contribution in [-0.4, -0.2) is 34.7 Å². The van der Waals surface area contributed by atoms with Gasteiger partial charge in [0.25, 0.3) is 0 Å². The number of likely N-dealkylation sites (tertiary alicyclic amines) is 1. The number of hydrogen-bond donors (Lipinski definition) is 1. The van der Waals surface area contributed by atoms with Crippen LogP contribution in [0.15, 0.2) is 0 Å². The Morgan fingerprint density at radius 2 is 1.60 bits per heavy atom. The van der Waals surface area contributed by atoms with Gasteiger partial charge in [-0.15, -0.1) is 0 Å². The van der Waals surface area contributed by atoms with E-state index in [1.54, 1.807) is 0 Å². The molecule has 0 saturated carbocycles. The number of hydrogen-bond acceptors (Lipinski definition) is 3.